The van der Waals surface area contributed by atoms with Crippen molar-refractivity contribution in [1.29, 1.82) is 0 Å². The lowest BCUT2D eigenvalue weighted by Gasteiger charge is -2.31. The second kappa shape index (κ2) is 7.31. The number of imidazole rings is 1. The molecule has 6 nitrogen and oxygen atoms in total. The lowest BCUT2D eigenvalue weighted by Crippen LogP contribution is -2.39. The number of piperidine rings is 1. The molecule has 0 spiro atoms. The number of hydrogen-bond acceptors (Lipinski definition) is 4. The summed E-state index contributed by atoms with van der Waals surface area (Å²) in [5.41, 5.74) is 0.887. The van der Waals surface area contributed by atoms with E-state index in [1.165, 1.54) is 0 Å². The second-order valence-electron chi connectivity index (χ2n) is 6.88. The summed E-state index contributed by atoms with van der Waals surface area (Å²) in [6.45, 7) is 1.41. The Bertz CT molecular complexity index is 944. The predicted octanol–water partition coefficient (Wildman–Crippen LogP) is 3.71. The molecule has 0 N–H and O–H groups in total. The summed E-state index contributed by atoms with van der Waals surface area (Å²) in [6, 6.07) is 11.2. The molecule has 27 heavy (non-hydrogen) atoms. The molecule has 0 saturated carbocycles. The smallest absolute Gasteiger partial charge is 0.289 e. The Hall–Kier alpha value is -3.02. The summed E-state index contributed by atoms with van der Waals surface area (Å²) in [7, 11) is 3.63. The third-order valence-corrected chi connectivity index (χ3v) is 5.10. The fourth-order valence-electron chi connectivity index (χ4n) is 3.68. The summed E-state index contributed by atoms with van der Waals surface area (Å²) in [5.74, 6) is 3.01. The Kier molecular flexibility index (Phi) is 4.71. The van der Waals surface area contributed by atoms with Gasteiger partial charge in [0, 0.05) is 44.0 Å². The Morgan fingerprint density at radius 1 is 1.30 bits per heavy atom. The summed E-state index contributed by atoms with van der Waals surface area (Å²) in [4.78, 5) is 19.3. The number of furan rings is 1. The average molecular weight is 365 g/mol. The molecule has 1 aromatic carbocycles. The zero-order valence-electron chi connectivity index (χ0n) is 15.6. The molecule has 1 fully saturated rings. The predicted molar refractivity (Wildman–Crippen MR) is 102 cm³/mol. The number of aromatic nitrogens is 2. The third-order valence-electron chi connectivity index (χ3n) is 5.10. The average Bonchev–Trinajstić information content (AvgIpc) is 3.37. The van der Waals surface area contributed by atoms with Crippen molar-refractivity contribution in [3.8, 4) is 17.1 Å². The lowest BCUT2D eigenvalue weighted by atomic mass is 9.97. The van der Waals surface area contributed by atoms with Crippen LogP contribution in [0, 0.1) is 0 Å². The molecule has 1 unspecified atom stereocenters. The molecular formula is C21H23N3O3. The van der Waals surface area contributed by atoms with Gasteiger partial charge in [0.15, 0.2) is 5.76 Å². The van der Waals surface area contributed by atoms with E-state index in [1.54, 1.807) is 13.2 Å². The van der Waals surface area contributed by atoms with E-state index >= 15 is 0 Å². The molecule has 4 rings (SSSR count). The normalized spacial score (nSPS) is 17.1. The van der Waals surface area contributed by atoms with Gasteiger partial charge in [-0.1, -0.05) is 12.1 Å². The van der Waals surface area contributed by atoms with Crippen molar-refractivity contribution in [2.75, 3.05) is 20.2 Å². The molecule has 1 aliphatic rings. The molecule has 0 bridgehead atoms. The molecule has 2 aromatic heterocycles. The fraction of sp³-hybridized carbons (Fsp3) is 0.333. The molecule has 1 amide bonds. The third kappa shape index (κ3) is 3.47. The zero-order chi connectivity index (χ0) is 18.8. The highest BCUT2D eigenvalue weighted by atomic mass is 16.5. The largest absolute Gasteiger partial charge is 0.497 e. The van der Waals surface area contributed by atoms with E-state index < -0.39 is 0 Å². The minimum absolute atomic E-state index is 0.0666. The van der Waals surface area contributed by atoms with Crippen LogP contribution in [0.1, 0.15) is 35.1 Å². The van der Waals surface area contributed by atoms with E-state index in [0.29, 0.717) is 18.1 Å². The van der Waals surface area contributed by atoms with Crippen LogP contribution in [-0.4, -0.2) is 40.6 Å². The molecule has 0 aliphatic carbocycles. The molecule has 3 heterocycles. The molecule has 3 aromatic rings. The maximum Gasteiger partial charge on any atom is 0.289 e. The number of methoxy groups -OCH3 is 1. The van der Waals surface area contributed by atoms with Crippen LogP contribution in [0.3, 0.4) is 0 Å². The van der Waals surface area contributed by atoms with Gasteiger partial charge in [0.25, 0.3) is 5.91 Å². The van der Waals surface area contributed by atoms with Gasteiger partial charge in [-0.3, -0.25) is 4.79 Å². The standard InChI is InChI=1S/C21H23N3O3/c1-23-12-10-22-20(23)16-6-4-11-24(14-16)21(25)19-9-8-18(27-19)15-5-3-7-17(13-15)26-2/h3,5,7-10,12-13,16H,4,6,11,14H2,1-2H3. The molecule has 1 atom stereocenters. The highest BCUT2D eigenvalue weighted by molar-refractivity contribution is 5.92. The van der Waals surface area contributed by atoms with Crippen molar-refractivity contribution in [3.63, 3.8) is 0 Å². The van der Waals surface area contributed by atoms with Crippen LogP contribution in [0.5, 0.6) is 5.75 Å². The number of benzene rings is 1. The zero-order valence-corrected chi connectivity index (χ0v) is 15.6. The topological polar surface area (TPSA) is 60.5 Å². The van der Waals surface area contributed by atoms with Crippen molar-refractivity contribution in [2.24, 2.45) is 7.05 Å². The quantitative estimate of drug-likeness (QED) is 0.707. The van der Waals surface area contributed by atoms with Crippen molar-refractivity contribution >= 4 is 5.91 Å². The number of likely N-dealkylation sites (tertiary alicyclic amines) is 1. The van der Waals surface area contributed by atoms with Gasteiger partial charge in [-0.15, -0.1) is 0 Å². The van der Waals surface area contributed by atoms with Crippen molar-refractivity contribution in [1.82, 2.24) is 14.5 Å². The number of ether oxygens (including phenoxy) is 1. The maximum absolute atomic E-state index is 12.9. The molecule has 6 heteroatoms. The van der Waals surface area contributed by atoms with Crippen molar-refractivity contribution < 1.29 is 13.9 Å². The SMILES string of the molecule is COc1cccc(-c2ccc(C(=O)N3CCCC(c4nccn4C)C3)o2)c1. The van der Waals surface area contributed by atoms with Crippen LogP contribution in [-0.2, 0) is 7.05 Å². The number of rotatable bonds is 4. The minimum atomic E-state index is -0.0666. The van der Waals surface area contributed by atoms with Crippen molar-refractivity contribution in [3.05, 3.63) is 60.4 Å². The van der Waals surface area contributed by atoms with Gasteiger partial charge >= 0.3 is 0 Å². The first-order chi connectivity index (χ1) is 13.2. The Balaban J connectivity index is 1.51. The summed E-state index contributed by atoms with van der Waals surface area (Å²) in [5, 5.41) is 0. The van der Waals surface area contributed by atoms with Gasteiger partial charge in [-0.05, 0) is 37.1 Å². The Labute approximate surface area is 158 Å². The second-order valence-corrected chi connectivity index (χ2v) is 6.88. The lowest BCUT2D eigenvalue weighted by molar-refractivity contribution is 0.0672. The number of carbonyl (C=O) groups is 1. The van der Waals surface area contributed by atoms with Crippen LogP contribution in [0.15, 0.2) is 53.2 Å². The van der Waals surface area contributed by atoms with E-state index in [2.05, 4.69) is 4.98 Å². The highest BCUT2D eigenvalue weighted by Crippen LogP contribution is 2.29. The maximum atomic E-state index is 12.9. The highest BCUT2D eigenvalue weighted by Gasteiger charge is 2.29. The number of carbonyl (C=O) groups excluding carboxylic acids is 1. The molecule has 1 aliphatic heterocycles. The molecule has 140 valence electrons. The first-order valence-corrected chi connectivity index (χ1v) is 9.16. The van der Waals surface area contributed by atoms with E-state index in [9.17, 15) is 4.79 Å². The van der Waals surface area contributed by atoms with Crippen molar-refractivity contribution in [2.45, 2.75) is 18.8 Å². The number of nitrogens with zero attached hydrogens (tertiary/aromatic N) is 3. The summed E-state index contributed by atoms with van der Waals surface area (Å²) < 4.78 is 13.2. The number of hydrogen-bond donors (Lipinski definition) is 0. The molecular weight excluding hydrogens is 342 g/mol. The fourth-order valence-corrected chi connectivity index (χ4v) is 3.68. The Morgan fingerprint density at radius 3 is 2.96 bits per heavy atom. The van der Waals surface area contributed by atoms with Gasteiger partial charge in [-0.2, -0.15) is 0 Å². The van der Waals surface area contributed by atoms with E-state index in [4.69, 9.17) is 9.15 Å². The van der Waals surface area contributed by atoms with Gasteiger partial charge < -0.3 is 18.6 Å². The van der Waals surface area contributed by atoms with E-state index in [1.807, 2.05) is 59.2 Å². The number of amides is 1. The number of aryl methyl sites for hydroxylation is 1. The van der Waals surface area contributed by atoms with Crippen LogP contribution < -0.4 is 4.74 Å². The van der Waals surface area contributed by atoms with Gasteiger partial charge in [-0.25, -0.2) is 4.98 Å². The van der Waals surface area contributed by atoms with E-state index in [-0.39, 0.29) is 11.8 Å². The molecule has 0 radical (unpaired) electrons. The van der Waals surface area contributed by atoms with Crippen LogP contribution in [0.25, 0.3) is 11.3 Å². The van der Waals surface area contributed by atoms with E-state index in [0.717, 1.165) is 36.5 Å². The monoisotopic (exact) mass is 365 g/mol. The summed E-state index contributed by atoms with van der Waals surface area (Å²) in [6.07, 6.45) is 5.76. The van der Waals surface area contributed by atoms with Gasteiger partial charge in [0.05, 0.1) is 7.11 Å². The molecule has 1 saturated heterocycles. The van der Waals surface area contributed by atoms with Gasteiger partial charge in [0.2, 0.25) is 0 Å². The van der Waals surface area contributed by atoms with Crippen LogP contribution >= 0.6 is 0 Å². The van der Waals surface area contributed by atoms with Gasteiger partial charge in [0.1, 0.15) is 17.3 Å². The minimum Gasteiger partial charge on any atom is -0.497 e. The van der Waals surface area contributed by atoms with Crippen LogP contribution in [0.2, 0.25) is 0 Å². The van der Waals surface area contributed by atoms with Crippen LogP contribution in [0.4, 0.5) is 0 Å². The first-order valence-electron chi connectivity index (χ1n) is 9.16. The summed E-state index contributed by atoms with van der Waals surface area (Å²) >= 11 is 0. The Morgan fingerprint density at radius 2 is 2.19 bits per heavy atom. The first kappa shape index (κ1) is 17.4.